The summed E-state index contributed by atoms with van der Waals surface area (Å²) in [5, 5.41) is 11.2. The molecule has 0 aromatic carbocycles. The Kier molecular flexibility index (Phi) is 1.85. The second kappa shape index (κ2) is 2.53. The van der Waals surface area contributed by atoms with Crippen LogP contribution in [0.5, 0.6) is 5.75 Å². The van der Waals surface area contributed by atoms with Crippen LogP contribution in [0.25, 0.3) is 0 Å². The molecule has 1 rings (SSSR count). The summed E-state index contributed by atoms with van der Waals surface area (Å²) in [6.45, 7) is 5.86. The first kappa shape index (κ1) is 8.05. The third-order valence-electron chi connectivity index (χ3n) is 2.31. The van der Waals surface area contributed by atoms with Gasteiger partial charge in [0.05, 0.1) is 0 Å². The summed E-state index contributed by atoms with van der Waals surface area (Å²) in [7, 11) is 1.89. The van der Waals surface area contributed by atoms with Crippen LogP contribution in [0.1, 0.15) is 16.8 Å². The Morgan fingerprint density at radius 1 is 1.18 bits per heavy atom. The fourth-order valence-corrected chi connectivity index (χ4v) is 1.09. The predicted octanol–water partition coefficient (Wildman–Crippen LogP) is 0.510. The molecule has 0 aliphatic heterocycles. The largest absolute Gasteiger partial charge is 0.868 e. The third kappa shape index (κ3) is 1.20. The van der Waals surface area contributed by atoms with Gasteiger partial charge in [-0.15, -0.1) is 0 Å². The topological polar surface area (TPSA) is 26.9 Å². The first-order valence-electron chi connectivity index (χ1n) is 3.67. The van der Waals surface area contributed by atoms with Crippen molar-refractivity contribution >= 4 is 0 Å². The summed E-state index contributed by atoms with van der Waals surface area (Å²) >= 11 is 0. The van der Waals surface area contributed by atoms with Gasteiger partial charge < -0.3 is 5.11 Å². The molecule has 2 heteroatoms. The van der Waals surface area contributed by atoms with E-state index in [1.54, 1.807) is 6.20 Å². The number of hydrogen-bond acceptors (Lipinski definition) is 1. The minimum absolute atomic E-state index is 0.121. The maximum atomic E-state index is 11.2. The standard InChI is InChI=1S/C9H13NO/c1-6-7(2)9(11)5-10(4)8(6)3/h5H,1-4H3. The van der Waals surface area contributed by atoms with Crippen LogP contribution in [0.4, 0.5) is 0 Å². The average molecular weight is 151 g/mol. The molecule has 0 N–H and O–H groups in total. The number of pyridine rings is 1. The molecular weight excluding hydrogens is 138 g/mol. The maximum absolute atomic E-state index is 11.2. The van der Waals surface area contributed by atoms with Gasteiger partial charge in [0.25, 0.3) is 0 Å². The van der Waals surface area contributed by atoms with Crippen LogP contribution in [-0.4, -0.2) is 0 Å². The minimum Gasteiger partial charge on any atom is -0.868 e. The molecule has 0 amide bonds. The van der Waals surface area contributed by atoms with E-state index in [1.807, 2.05) is 32.4 Å². The summed E-state index contributed by atoms with van der Waals surface area (Å²) < 4.78 is 1.87. The van der Waals surface area contributed by atoms with E-state index in [4.69, 9.17) is 0 Å². The van der Waals surface area contributed by atoms with Crippen LogP contribution in [0, 0.1) is 20.8 Å². The Balaban J connectivity index is 3.46. The normalized spacial score (nSPS) is 10.2. The molecule has 0 saturated heterocycles. The fourth-order valence-electron chi connectivity index (χ4n) is 1.09. The summed E-state index contributed by atoms with van der Waals surface area (Å²) in [5.74, 6) is 0.121. The van der Waals surface area contributed by atoms with Gasteiger partial charge in [-0.25, -0.2) is 4.57 Å². The summed E-state index contributed by atoms with van der Waals surface area (Å²) in [6.07, 6.45) is 1.62. The quantitative estimate of drug-likeness (QED) is 0.496. The van der Waals surface area contributed by atoms with Gasteiger partial charge in [0.2, 0.25) is 0 Å². The number of aromatic nitrogens is 1. The molecule has 0 spiro atoms. The number of rotatable bonds is 0. The van der Waals surface area contributed by atoms with E-state index >= 15 is 0 Å². The highest BCUT2D eigenvalue weighted by atomic mass is 16.3. The molecule has 1 aromatic heterocycles. The van der Waals surface area contributed by atoms with Gasteiger partial charge >= 0.3 is 0 Å². The minimum atomic E-state index is 0.121. The Morgan fingerprint density at radius 3 is 2.27 bits per heavy atom. The van der Waals surface area contributed by atoms with Gasteiger partial charge in [-0.05, 0) is 25.2 Å². The Hall–Kier alpha value is -1.05. The lowest BCUT2D eigenvalue weighted by Crippen LogP contribution is -2.33. The average Bonchev–Trinajstić information content (AvgIpc) is 1.97. The molecule has 0 aliphatic rings. The molecule has 1 aromatic rings. The smallest absolute Gasteiger partial charge is 0.181 e. The van der Waals surface area contributed by atoms with Crippen molar-refractivity contribution in [3.8, 4) is 5.75 Å². The monoisotopic (exact) mass is 151 g/mol. The highest BCUT2D eigenvalue weighted by molar-refractivity contribution is 5.33. The molecule has 0 radical (unpaired) electrons. The number of hydrogen-bond donors (Lipinski definition) is 0. The Bertz CT molecular complexity index is 266. The van der Waals surface area contributed by atoms with E-state index in [-0.39, 0.29) is 5.75 Å². The van der Waals surface area contributed by atoms with Gasteiger partial charge in [-0.1, -0.05) is 0 Å². The van der Waals surface area contributed by atoms with E-state index in [0.29, 0.717) is 0 Å². The van der Waals surface area contributed by atoms with Crippen molar-refractivity contribution in [1.29, 1.82) is 0 Å². The SMILES string of the molecule is Cc1c([O-])c[n+](C)c(C)c1C. The van der Waals surface area contributed by atoms with Crippen LogP contribution in [-0.2, 0) is 7.05 Å². The zero-order valence-corrected chi connectivity index (χ0v) is 7.43. The van der Waals surface area contributed by atoms with Crippen molar-refractivity contribution in [2.45, 2.75) is 20.8 Å². The zero-order valence-electron chi connectivity index (χ0n) is 7.43. The van der Waals surface area contributed by atoms with Gasteiger partial charge in [0.15, 0.2) is 11.9 Å². The van der Waals surface area contributed by atoms with Gasteiger partial charge in [0.1, 0.15) is 7.05 Å². The lowest BCUT2D eigenvalue weighted by Gasteiger charge is -2.11. The summed E-state index contributed by atoms with van der Waals surface area (Å²) in [4.78, 5) is 0. The Morgan fingerprint density at radius 2 is 1.73 bits per heavy atom. The lowest BCUT2D eigenvalue weighted by atomic mass is 10.1. The molecule has 1 heterocycles. The first-order valence-corrected chi connectivity index (χ1v) is 3.67. The van der Waals surface area contributed by atoms with E-state index in [2.05, 4.69) is 0 Å². The van der Waals surface area contributed by atoms with Crippen molar-refractivity contribution < 1.29 is 9.67 Å². The number of aryl methyl sites for hydroxylation is 1. The molecule has 2 nitrogen and oxygen atoms in total. The third-order valence-corrected chi connectivity index (χ3v) is 2.31. The van der Waals surface area contributed by atoms with Crippen LogP contribution in [0.2, 0.25) is 0 Å². The van der Waals surface area contributed by atoms with Gasteiger partial charge in [0, 0.05) is 12.5 Å². The van der Waals surface area contributed by atoms with Crippen LogP contribution < -0.4 is 9.67 Å². The molecular formula is C9H13NO. The predicted molar refractivity (Wildman–Crippen MR) is 41.3 cm³/mol. The van der Waals surface area contributed by atoms with Crippen molar-refractivity contribution in [3.63, 3.8) is 0 Å². The van der Waals surface area contributed by atoms with E-state index in [1.165, 1.54) is 0 Å². The Labute approximate surface area is 67.1 Å². The van der Waals surface area contributed by atoms with Crippen molar-refractivity contribution in [1.82, 2.24) is 0 Å². The van der Waals surface area contributed by atoms with Crippen LogP contribution in [0.15, 0.2) is 6.20 Å². The second-order valence-corrected chi connectivity index (χ2v) is 2.94. The van der Waals surface area contributed by atoms with Crippen LogP contribution in [0.3, 0.4) is 0 Å². The molecule has 0 unspecified atom stereocenters. The second-order valence-electron chi connectivity index (χ2n) is 2.94. The lowest BCUT2D eigenvalue weighted by molar-refractivity contribution is -0.680. The molecule has 60 valence electrons. The molecule has 0 aliphatic carbocycles. The first-order chi connectivity index (χ1) is 5.04. The van der Waals surface area contributed by atoms with Gasteiger partial charge in [-0.3, -0.25) is 0 Å². The van der Waals surface area contributed by atoms with Crippen LogP contribution >= 0.6 is 0 Å². The molecule has 11 heavy (non-hydrogen) atoms. The van der Waals surface area contributed by atoms with Crippen molar-refractivity contribution in [2.24, 2.45) is 7.05 Å². The number of nitrogens with zero attached hydrogens (tertiary/aromatic N) is 1. The molecule has 0 bridgehead atoms. The highest BCUT2D eigenvalue weighted by Gasteiger charge is 2.06. The van der Waals surface area contributed by atoms with E-state index in [0.717, 1.165) is 16.8 Å². The molecule has 0 saturated carbocycles. The van der Waals surface area contributed by atoms with Gasteiger partial charge in [-0.2, -0.15) is 0 Å². The molecule has 0 fully saturated rings. The summed E-state index contributed by atoms with van der Waals surface area (Å²) in [6, 6.07) is 0. The molecule has 0 atom stereocenters. The summed E-state index contributed by atoms with van der Waals surface area (Å²) in [5.41, 5.74) is 3.11. The highest BCUT2D eigenvalue weighted by Crippen LogP contribution is 2.15. The van der Waals surface area contributed by atoms with E-state index < -0.39 is 0 Å². The van der Waals surface area contributed by atoms with Crippen molar-refractivity contribution in [3.05, 3.63) is 23.0 Å². The van der Waals surface area contributed by atoms with E-state index in [9.17, 15) is 5.11 Å². The zero-order chi connectivity index (χ0) is 8.59. The maximum Gasteiger partial charge on any atom is 0.181 e. The van der Waals surface area contributed by atoms with Crippen molar-refractivity contribution in [2.75, 3.05) is 0 Å². The fraction of sp³-hybridized carbons (Fsp3) is 0.444.